The molecule has 3 aromatic rings. The number of imidazole rings is 1. The first-order chi connectivity index (χ1) is 19.2. The number of nitrogens with zero attached hydrogens (tertiary/aromatic N) is 4. The summed E-state index contributed by atoms with van der Waals surface area (Å²) in [5.74, 6) is 0.464. The molecule has 0 spiro atoms. The number of aliphatic hydroxyl groups is 2. The standard InChI is InChI=1S/C30H39ClFN5O4/c1-17(2)14-37-24(11-25(35-37)41-15-29(3,4)39)30(40)12-19-8-18(9-20(19)13-30)26-27(36(5)16-33-26)28(38)34-21-6-7-23(32)22(31)10-21/h6-7,10-11,16-20,39-40H,8-9,12-15H2,1-5H3,(H,34,38). The van der Waals surface area contributed by atoms with Crippen LogP contribution in [0.4, 0.5) is 10.1 Å². The molecule has 2 saturated carbocycles. The molecule has 2 unspecified atom stereocenters. The van der Waals surface area contributed by atoms with Crippen molar-refractivity contribution in [3.05, 3.63) is 58.5 Å². The second kappa shape index (κ2) is 11.0. The summed E-state index contributed by atoms with van der Waals surface area (Å²) < 4.78 is 22.9. The van der Waals surface area contributed by atoms with Crippen LogP contribution in [0.3, 0.4) is 0 Å². The molecule has 1 amide bonds. The lowest BCUT2D eigenvalue weighted by atomic mass is 9.90. The van der Waals surface area contributed by atoms with Gasteiger partial charge in [0.1, 0.15) is 23.7 Å². The molecule has 41 heavy (non-hydrogen) atoms. The smallest absolute Gasteiger partial charge is 0.274 e. The summed E-state index contributed by atoms with van der Waals surface area (Å²) in [6, 6.07) is 5.89. The van der Waals surface area contributed by atoms with Crippen LogP contribution in [0.25, 0.3) is 0 Å². The molecule has 11 heteroatoms. The van der Waals surface area contributed by atoms with Crippen LogP contribution in [0.2, 0.25) is 5.02 Å². The van der Waals surface area contributed by atoms with Crippen LogP contribution >= 0.6 is 11.6 Å². The Morgan fingerprint density at radius 3 is 2.56 bits per heavy atom. The Balaban J connectivity index is 1.31. The molecule has 2 fully saturated rings. The molecule has 2 aliphatic rings. The summed E-state index contributed by atoms with van der Waals surface area (Å²) in [6.07, 6.45) is 4.45. The van der Waals surface area contributed by atoms with Gasteiger partial charge in [0, 0.05) is 31.3 Å². The maximum Gasteiger partial charge on any atom is 0.274 e. The Bertz CT molecular complexity index is 1410. The lowest BCUT2D eigenvalue weighted by Gasteiger charge is -2.26. The van der Waals surface area contributed by atoms with Crippen LogP contribution in [0.5, 0.6) is 5.88 Å². The van der Waals surface area contributed by atoms with Gasteiger partial charge in [-0.2, -0.15) is 0 Å². The third kappa shape index (κ3) is 6.29. The summed E-state index contributed by atoms with van der Waals surface area (Å²) in [6.45, 7) is 8.31. The van der Waals surface area contributed by atoms with Crippen molar-refractivity contribution in [2.24, 2.45) is 24.8 Å². The van der Waals surface area contributed by atoms with Crippen LogP contribution in [-0.4, -0.2) is 47.7 Å². The number of anilines is 1. The van der Waals surface area contributed by atoms with Crippen molar-refractivity contribution in [3.8, 4) is 5.88 Å². The van der Waals surface area contributed by atoms with Gasteiger partial charge in [0.25, 0.3) is 5.91 Å². The van der Waals surface area contributed by atoms with E-state index in [0.717, 1.165) is 24.2 Å². The zero-order chi connectivity index (χ0) is 29.7. The highest BCUT2D eigenvalue weighted by Crippen LogP contribution is 2.57. The molecule has 2 atom stereocenters. The number of hydrogen-bond acceptors (Lipinski definition) is 6. The summed E-state index contributed by atoms with van der Waals surface area (Å²) in [4.78, 5) is 17.9. The van der Waals surface area contributed by atoms with E-state index in [4.69, 9.17) is 16.3 Å². The molecule has 3 N–H and O–H groups in total. The van der Waals surface area contributed by atoms with Crippen LogP contribution in [-0.2, 0) is 19.2 Å². The van der Waals surface area contributed by atoms with Crippen molar-refractivity contribution in [2.45, 2.75) is 77.0 Å². The molecule has 2 aromatic heterocycles. The first kappa shape index (κ1) is 29.5. The fourth-order valence-electron chi connectivity index (χ4n) is 6.46. The van der Waals surface area contributed by atoms with Gasteiger partial charge >= 0.3 is 0 Å². The Morgan fingerprint density at radius 1 is 1.27 bits per heavy atom. The highest BCUT2D eigenvalue weighted by Gasteiger charge is 2.52. The third-order valence-corrected chi connectivity index (χ3v) is 8.42. The van der Waals surface area contributed by atoms with E-state index in [1.165, 1.54) is 18.2 Å². The van der Waals surface area contributed by atoms with Gasteiger partial charge < -0.3 is 24.8 Å². The van der Waals surface area contributed by atoms with E-state index in [-0.39, 0.29) is 35.3 Å². The maximum atomic E-state index is 13.6. The molecule has 2 heterocycles. The Morgan fingerprint density at radius 2 is 1.95 bits per heavy atom. The van der Waals surface area contributed by atoms with Gasteiger partial charge in [-0.3, -0.25) is 9.48 Å². The van der Waals surface area contributed by atoms with Crippen molar-refractivity contribution in [3.63, 3.8) is 0 Å². The van der Waals surface area contributed by atoms with Crippen LogP contribution in [0.1, 0.15) is 81.2 Å². The fraction of sp³-hybridized carbons (Fsp3) is 0.567. The fourth-order valence-corrected chi connectivity index (χ4v) is 6.64. The number of fused-ring (bicyclic) bond motifs is 1. The number of aryl methyl sites for hydroxylation is 1. The number of nitrogens with one attached hydrogen (secondary N) is 1. The minimum Gasteiger partial charge on any atom is -0.474 e. The third-order valence-electron chi connectivity index (χ3n) is 8.13. The monoisotopic (exact) mass is 587 g/mol. The first-order valence-electron chi connectivity index (χ1n) is 14.2. The van der Waals surface area contributed by atoms with Crippen molar-refractivity contribution < 1.29 is 24.1 Å². The number of benzene rings is 1. The molecule has 0 aliphatic heterocycles. The highest BCUT2D eigenvalue weighted by molar-refractivity contribution is 6.31. The number of aromatic nitrogens is 4. The highest BCUT2D eigenvalue weighted by atomic mass is 35.5. The van der Waals surface area contributed by atoms with Crippen molar-refractivity contribution >= 4 is 23.2 Å². The van der Waals surface area contributed by atoms with Gasteiger partial charge in [-0.1, -0.05) is 25.4 Å². The number of ether oxygens (including phenoxy) is 1. The predicted octanol–water partition coefficient (Wildman–Crippen LogP) is 5.26. The molecule has 222 valence electrons. The van der Waals surface area contributed by atoms with E-state index in [0.29, 0.717) is 42.6 Å². The molecule has 9 nitrogen and oxygen atoms in total. The first-order valence-corrected chi connectivity index (χ1v) is 14.5. The topological polar surface area (TPSA) is 114 Å². The van der Waals surface area contributed by atoms with Gasteiger partial charge in [-0.25, -0.2) is 9.37 Å². The Hall–Kier alpha value is -2.95. The lowest BCUT2D eigenvalue weighted by Crippen LogP contribution is -2.28. The van der Waals surface area contributed by atoms with E-state index >= 15 is 0 Å². The minimum absolute atomic E-state index is 0.0604. The number of carbonyl (C=O) groups excluding carboxylic acids is 1. The van der Waals surface area contributed by atoms with Crippen molar-refractivity contribution in [1.82, 2.24) is 19.3 Å². The summed E-state index contributed by atoms with van der Waals surface area (Å²) in [5.41, 5.74) is 0.332. The molecular weight excluding hydrogens is 549 g/mol. The molecular formula is C30H39ClFN5O4. The van der Waals surface area contributed by atoms with Crippen LogP contribution in [0, 0.1) is 23.6 Å². The van der Waals surface area contributed by atoms with E-state index in [2.05, 4.69) is 29.2 Å². The molecule has 2 aliphatic carbocycles. The maximum absolute atomic E-state index is 13.6. The molecule has 0 bridgehead atoms. The zero-order valence-electron chi connectivity index (χ0n) is 24.2. The second-order valence-electron chi connectivity index (χ2n) is 12.8. The van der Waals surface area contributed by atoms with E-state index in [1.54, 1.807) is 31.8 Å². The van der Waals surface area contributed by atoms with Crippen LogP contribution < -0.4 is 10.1 Å². The summed E-state index contributed by atoms with van der Waals surface area (Å²) in [7, 11) is 1.78. The number of carbonyl (C=O) groups is 1. The Kier molecular flexibility index (Phi) is 7.95. The van der Waals surface area contributed by atoms with Gasteiger partial charge in [-0.05, 0) is 75.5 Å². The zero-order valence-corrected chi connectivity index (χ0v) is 25.0. The predicted molar refractivity (Wildman–Crippen MR) is 154 cm³/mol. The van der Waals surface area contributed by atoms with Gasteiger partial charge in [0.2, 0.25) is 5.88 Å². The number of halogens is 2. The molecule has 0 radical (unpaired) electrons. The van der Waals surface area contributed by atoms with E-state index < -0.39 is 17.0 Å². The quantitative estimate of drug-likeness (QED) is 0.315. The van der Waals surface area contributed by atoms with Gasteiger partial charge in [0.15, 0.2) is 0 Å². The van der Waals surface area contributed by atoms with Crippen molar-refractivity contribution in [1.29, 1.82) is 0 Å². The minimum atomic E-state index is -1.04. The van der Waals surface area contributed by atoms with E-state index in [9.17, 15) is 19.4 Å². The van der Waals surface area contributed by atoms with Gasteiger partial charge in [0.05, 0.1) is 28.3 Å². The lowest BCUT2D eigenvalue weighted by molar-refractivity contribution is 0.0247. The van der Waals surface area contributed by atoms with E-state index in [1.807, 2.05) is 10.7 Å². The summed E-state index contributed by atoms with van der Waals surface area (Å²) >= 11 is 5.89. The summed E-state index contributed by atoms with van der Waals surface area (Å²) in [5, 5.41) is 29.4. The molecule has 0 saturated heterocycles. The van der Waals surface area contributed by atoms with Crippen LogP contribution in [0.15, 0.2) is 30.6 Å². The second-order valence-corrected chi connectivity index (χ2v) is 13.3. The number of amides is 1. The largest absolute Gasteiger partial charge is 0.474 e. The average molecular weight is 588 g/mol. The number of rotatable bonds is 9. The van der Waals surface area contributed by atoms with Crippen molar-refractivity contribution in [2.75, 3.05) is 11.9 Å². The SMILES string of the molecule is CC(C)Cn1nc(OCC(C)(C)O)cc1C1(O)CC2CC(c3ncn(C)c3C(=O)Nc3ccc(F)c(Cl)c3)CC2C1. The van der Waals surface area contributed by atoms with Gasteiger partial charge in [-0.15, -0.1) is 5.10 Å². The average Bonchev–Trinajstić information content (AvgIpc) is 3.61. The Labute approximate surface area is 244 Å². The molecule has 5 rings (SSSR count). The normalized spacial score (nSPS) is 24.2. The molecule has 1 aromatic carbocycles. The number of hydrogen-bond donors (Lipinski definition) is 3.